The Morgan fingerprint density at radius 1 is 1.35 bits per heavy atom. The van der Waals surface area contributed by atoms with Gasteiger partial charge in [-0.3, -0.25) is 0 Å². The molecule has 0 saturated heterocycles. The zero-order valence-corrected chi connectivity index (χ0v) is 14.4. The number of halogens is 1. The Hall–Kier alpha value is -1.22. The molecule has 0 saturated carbocycles. The van der Waals surface area contributed by atoms with Crippen molar-refractivity contribution >= 4 is 18.0 Å². The molecule has 0 aliphatic carbocycles. The molecule has 0 aliphatic heterocycles. The van der Waals surface area contributed by atoms with E-state index in [-0.39, 0.29) is 24.0 Å². The number of oxime groups is 1. The van der Waals surface area contributed by atoms with Crippen LogP contribution in [0.5, 0.6) is 5.75 Å². The van der Waals surface area contributed by atoms with Crippen molar-refractivity contribution in [1.82, 2.24) is 4.57 Å². The van der Waals surface area contributed by atoms with Gasteiger partial charge in [-0.1, -0.05) is 5.16 Å². The maximum absolute atomic E-state index is 8.68. The molecule has 20 heavy (non-hydrogen) atoms. The van der Waals surface area contributed by atoms with Crippen LogP contribution in [0.25, 0.3) is 5.69 Å². The van der Waals surface area contributed by atoms with Crippen molar-refractivity contribution in [2.24, 2.45) is 12.2 Å². The molecular formula is C13H16IN3O2S. The van der Waals surface area contributed by atoms with E-state index < -0.39 is 0 Å². The molecule has 1 N–H and O–H groups in total. The topological polar surface area (TPSA) is 50.6 Å². The largest absolute Gasteiger partial charge is 1.00 e. The predicted molar refractivity (Wildman–Crippen MR) is 74.7 cm³/mol. The van der Waals surface area contributed by atoms with Gasteiger partial charge in [0.1, 0.15) is 23.8 Å². The summed E-state index contributed by atoms with van der Waals surface area (Å²) in [6, 6.07) is 7.80. The molecule has 2 rings (SSSR count). The summed E-state index contributed by atoms with van der Waals surface area (Å²) in [6.07, 6.45) is 5.35. The van der Waals surface area contributed by atoms with Crippen LogP contribution < -0.4 is 33.3 Å². The van der Waals surface area contributed by atoms with E-state index >= 15 is 0 Å². The van der Waals surface area contributed by atoms with Gasteiger partial charge in [-0.05, 0) is 42.3 Å². The van der Waals surface area contributed by atoms with Gasteiger partial charge in [0, 0.05) is 0 Å². The minimum absolute atomic E-state index is 0. The third-order valence-electron chi connectivity index (χ3n) is 2.86. The molecule has 0 spiro atoms. The average molecular weight is 405 g/mol. The lowest BCUT2D eigenvalue weighted by molar-refractivity contribution is -0.636. The summed E-state index contributed by atoms with van der Waals surface area (Å²) >= 11 is 1.62. The number of hydrogen-bond donors (Lipinski definition) is 1. The first-order valence-electron chi connectivity index (χ1n) is 5.68. The standard InChI is InChI=1S/C13H15N3O2S.HI/c1-15-11(8-14-17)9-16(13(15)19-3)10-4-6-12(18-2)7-5-10;/h4-9H,1-3H3;1H/b14-8+;. The fourth-order valence-electron chi connectivity index (χ4n) is 1.89. The highest BCUT2D eigenvalue weighted by atomic mass is 127. The Kier molecular flexibility index (Phi) is 6.34. The van der Waals surface area contributed by atoms with Crippen LogP contribution >= 0.6 is 11.8 Å². The van der Waals surface area contributed by atoms with Crippen molar-refractivity contribution in [2.45, 2.75) is 5.16 Å². The van der Waals surface area contributed by atoms with E-state index in [1.54, 1.807) is 18.9 Å². The van der Waals surface area contributed by atoms with E-state index in [0.717, 1.165) is 22.3 Å². The van der Waals surface area contributed by atoms with E-state index in [4.69, 9.17) is 9.94 Å². The molecule has 108 valence electrons. The highest BCUT2D eigenvalue weighted by Crippen LogP contribution is 2.16. The molecular weight excluding hydrogens is 389 g/mol. The average Bonchev–Trinajstić information content (AvgIpc) is 2.76. The van der Waals surface area contributed by atoms with E-state index in [2.05, 4.69) is 5.16 Å². The predicted octanol–water partition coefficient (Wildman–Crippen LogP) is -1.16. The van der Waals surface area contributed by atoms with Gasteiger partial charge in [0.15, 0.2) is 5.69 Å². The molecule has 0 aliphatic rings. The van der Waals surface area contributed by atoms with Crippen LogP contribution in [-0.2, 0) is 7.05 Å². The monoisotopic (exact) mass is 405 g/mol. The summed E-state index contributed by atoms with van der Waals surface area (Å²) in [5.41, 5.74) is 1.85. The lowest BCUT2D eigenvalue weighted by Crippen LogP contribution is -3.00. The summed E-state index contributed by atoms with van der Waals surface area (Å²) in [7, 11) is 3.58. The van der Waals surface area contributed by atoms with Crippen LogP contribution in [0.3, 0.4) is 0 Å². The summed E-state index contributed by atoms with van der Waals surface area (Å²) in [4.78, 5) is 0. The minimum Gasteiger partial charge on any atom is -1.00 e. The number of benzene rings is 1. The smallest absolute Gasteiger partial charge is 0.323 e. The number of nitrogens with zero attached hydrogens (tertiary/aromatic N) is 3. The van der Waals surface area contributed by atoms with E-state index in [0.29, 0.717) is 0 Å². The van der Waals surface area contributed by atoms with Gasteiger partial charge in [-0.2, -0.15) is 4.57 Å². The first-order chi connectivity index (χ1) is 9.21. The fraction of sp³-hybridized carbons (Fsp3) is 0.231. The normalized spacial score (nSPS) is 10.6. The van der Waals surface area contributed by atoms with Crippen molar-refractivity contribution in [3.8, 4) is 11.4 Å². The Balaban J connectivity index is 0.00000200. The number of methoxy groups -OCH3 is 1. The lowest BCUT2D eigenvalue weighted by Gasteiger charge is -2.01. The van der Waals surface area contributed by atoms with Crippen LogP contribution in [0.15, 0.2) is 40.8 Å². The van der Waals surface area contributed by atoms with Gasteiger partial charge in [-0.25, -0.2) is 4.57 Å². The van der Waals surface area contributed by atoms with Gasteiger partial charge in [0.05, 0.1) is 14.2 Å². The number of thioether (sulfide) groups is 1. The Bertz CT molecular complexity index is 596. The number of ether oxygens (including phenoxy) is 1. The van der Waals surface area contributed by atoms with Crippen LogP contribution in [0.1, 0.15) is 5.69 Å². The van der Waals surface area contributed by atoms with Gasteiger partial charge < -0.3 is 33.9 Å². The number of imidazole rings is 1. The number of hydrogen-bond acceptors (Lipinski definition) is 4. The van der Waals surface area contributed by atoms with Gasteiger partial charge >= 0.3 is 5.16 Å². The Morgan fingerprint density at radius 2 is 2.00 bits per heavy atom. The molecule has 0 atom stereocenters. The molecule has 1 aromatic carbocycles. The molecule has 0 fully saturated rings. The Morgan fingerprint density at radius 3 is 2.50 bits per heavy atom. The fourth-order valence-corrected chi connectivity index (χ4v) is 2.62. The lowest BCUT2D eigenvalue weighted by atomic mass is 10.3. The molecule has 0 amide bonds. The summed E-state index contributed by atoms with van der Waals surface area (Å²) in [5, 5.41) is 12.8. The molecule has 7 heteroatoms. The second-order valence-electron chi connectivity index (χ2n) is 3.91. The van der Waals surface area contributed by atoms with Crippen molar-refractivity contribution in [2.75, 3.05) is 13.4 Å². The van der Waals surface area contributed by atoms with Crippen molar-refractivity contribution in [1.29, 1.82) is 0 Å². The summed E-state index contributed by atoms with van der Waals surface area (Å²) in [5.74, 6) is 0.822. The Labute approximate surface area is 139 Å². The number of rotatable bonds is 4. The van der Waals surface area contributed by atoms with Crippen molar-refractivity contribution in [3.63, 3.8) is 0 Å². The first-order valence-corrected chi connectivity index (χ1v) is 6.91. The highest BCUT2D eigenvalue weighted by molar-refractivity contribution is 7.98. The molecule has 0 radical (unpaired) electrons. The van der Waals surface area contributed by atoms with E-state index in [1.165, 1.54) is 6.21 Å². The molecule has 0 unspecified atom stereocenters. The molecule has 1 aromatic heterocycles. The third kappa shape index (κ3) is 3.26. The quantitative estimate of drug-likeness (QED) is 0.175. The van der Waals surface area contributed by atoms with Crippen LogP contribution in [-0.4, -0.2) is 29.4 Å². The second-order valence-corrected chi connectivity index (χ2v) is 4.69. The van der Waals surface area contributed by atoms with Crippen LogP contribution in [0.2, 0.25) is 0 Å². The minimum atomic E-state index is 0. The van der Waals surface area contributed by atoms with Gasteiger partial charge in [0.25, 0.3) is 0 Å². The zero-order valence-electron chi connectivity index (χ0n) is 11.4. The SMILES string of the molecule is COc1ccc(-[n+]2cc(/C=N/O)n(C)c2SC)cc1.[I-]. The summed E-state index contributed by atoms with van der Waals surface area (Å²) in [6.45, 7) is 0. The molecule has 0 bridgehead atoms. The molecule has 1 heterocycles. The maximum atomic E-state index is 8.68. The van der Waals surface area contributed by atoms with Gasteiger partial charge in [-0.15, -0.1) is 0 Å². The third-order valence-corrected chi connectivity index (χ3v) is 3.70. The maximum Gasteiger partial charge on any atom is 0.323 e. The van der Waals surface area contributed by atoms with Gasteiger partial charge in [0.2, 0.25) is 0 Å². The zero-order chi connectivity index (χ0) is 13.8. The molecule has 5 nitrogen and oxygen atoms in total. The van der Waals surface area contributed by atoms with Crippen LogP contribution in [0.4, 0.5) is 0 Å². The van der Waals surface area contributed by atoms with Crippen molar-refractivity contribution < 1.29 is 38.5 Å². The first kappa shape index (κ1) is 16.8. The number of aromatic nitrogens is 2. The van der Waals surface area contributed by atoms with E-state index in [9.17, 15) is 0 Å². The summed E-state index contributed by atoms with van der Waals surface area (Å²) < 4.78 is 9.16. The van der Waals surface area contributed by atoms with Crippen LogP contribution in [0, 0.1) is 0 Å². The molecule has 2 aromatic rings. The second kappa shape index (κ2) is 7.53. The van der Waals surface area contributed by atoms with Crippen molar-refractivity contribution in [3.05, 3.63) is 36.2 Å². The van der Waals surface area contributed by atoms with E-state index in [1.807, 2.05) is 52.9 Å². The highest BCUT2D eigenvalue weighted by Gasteiger charge is 2.20.